The Labute approximate surface area is 124 Å². The third-order valence-electron chi connectivity index (χ3n) is 4.38. The van der Waals surface area contributed by atoms with Crippen molar-refractivity contribution in [2.45, 2.75) is 44.1 Å². The van der Waals surface area contributed by atoms with Crippen LogP contribution in [0, 0.1) is 0 Å². The van der Waals surface area contributed by atoms with Gasteiger partial charge in [0.15, 0.2) is 5.65 Å². The van der Waals surface area contributed by atoms with E-state index < -0.39 is 0 Å². The third kappa shape index (κ3) is 2.31. The van der Waals surface area contributed by atoms with Crippen molar-refractivity contribution >= 4 is 22.8 Å². The SMILES string of the molecule is CC(Cl)c1nc2cccnc2n1C1CCN(C)C(C)C1. The number of nitrogens with zero attached hydrogens (tertiary/aromatic N) is 4. The van der Waals surface area contributed by atoms with Crippen molar-refractivity contribution in [2.75, 3.05) is 13.6 Å². The van der Waals surface area contributed by atoms with Gasteiger partial charge in [0.25, 0.3) is 0 Å². The van der Waals surface area contributed by atoms with E-state index in [1.807, 2.05) is 25.3 Å². The van der Waals surface area contributed by atoms with Gasteiger partial charge >= 0.3 is 0 Å². The van der Waals surface area contributed by atoms with Crippen LogP contribution in [0.5, 0.6) is 0 Å². The van der Waals surface area contributed by atoms with Gasteiger partial charge in [0.05, 0.1) is 5.38 Å². The van der Waals surface area contributed by atoms with Gasteiger partial charge in [-0.1, -0.05) is 0 Å². The second kappa shape index (κ2) is 5.34. The van der Waals surface area contributed by atoms with E-state index in [2.05, 4.69) is 33.4 Å². The van der Waals surface area contributed by atoms with Crippen molar-refractivity contribution in [3.8, 4) is 0 Å². The maximum Gasteiger partial charge on any atom is 0.160 e. The lowest BCUT2D eigenvalue weighted by atomic mass is 9.98. The predicted octanol–water partition coefficient (Wildman–Crippen LogP) is 3.39. The number of fused-ring (bicyclic) bond motifs is 1. The zero-order valence-corrected chi connectivity index (χ0v) is 13.0. The lowest BCUT2D eigenvalue weighted by Gasteiger charge is -2.36. The number of alkyl halides is 1. The number of pyridine rings is 1. The first-order valence-electron chi connectivity index (χ1n) is 7.25. The quantitative estimate of drug-likeness (QED) is 0.796. The molecule has 1 aliphatic heterocycles. The fourth-order valence-electron chi connectivity index (χ4n) is 3.09. The molecular formula is C15H21ClN4. The average Bonchev–Trinajstić information content (AvgIpc) is 2.81. The lowest BCUT2D eigenvalue weighted by Crippen LogP contribution is -2.38. The van der Waals surface area contributed by atoms with E-state index in [9.17, 15) is 0 Å². The number of hydrogen-bond donors (Lipinski definition) is 0. The van der Waals surface area contributed by atoms with E-state index in [-0.39, 0.29) is 5.38 Å². The van der Waals surface area contributed by atoms with E-state index in [1.54, 1.807) is 0 Å². The van der Waals surface area contributed by atoms with Crippen LogP contribution in [0.3, 0.4) is 0 Å². The zero-order chi connectivity index (χ0) is 14.3. The number of halogens is 1. The monoisotopic (exact) mass is 292 g/mol. The molecule has 5 heteroatoms. The Bertz CT molecular complexity index is 607. The van der Waals surface area contributed by atoms with Crippen LogP contribution in [0.15, 0.2) is 18.3 Å². The summed E-state index contributed by atoms with van der Waals surface area (Å²) in [6.07, 6.45) is 4.08. The average molecular weight is 293 g/mol. The van der Waals surface area contributed by atoms with Crippen LogP contribution in [-0.4, -0.2) is 39.1 Å². The molecule has 3 atom stereocenters. The summed E-state index contributed by atoms with van der Waals surface area (Å²) in [6, 6.07) is 4.96. The van der Waals surface area contributed by atoms with Crippen LogP contribution in [-0.2, 0) is 0 Å². The topological polar surface area (TPSA) is 34.0 Å². The van der Waals surface area contributed by atoms with E-state index >= 15 is 0 Å². The lowest BCUT2D eigenvalue weighted by molar-refractivity contribution is 0.157. The molecule has 0 amide bonds. The van der Waals surface area contributed by atoms with E-state index in [0.29, 0.717) is 12.1 Å². The molecule has 3 rings (SSSR count). The van der Waals surface area contributed by atoms with E-state index in [0.717, 1.165) is 36.4 Å². The molecule has 2 aromatic rings. The smallest absolute Gasteiger partial charge is 0.160 e. The molecule has 4 nitrogen and oxygen atoms in total. The second-order valence-corrected chi connectivity index (χ2v) is 6.46. The predicted molar refractivity (Wildman–Crippen MR) is 82.2 cm³/mol. The molecule has 0 radical (unpaired) electrons. The zero-order valence-electron chi connectivity index (χ0n) is 12.3. The number of imidazole rings is 1. The highest BCUT2D eigenvalue weighted by atomic mass is 35.5. The highest BCUT2D eigenvalue weighted by molar-refractivity contribution is 6.20. The first kappa shape index (κ1) is 13.8. The van der Waals surface area contributed by atoms with Gasteiger partial charge < -0.3 is 9.47 Å². The molecule has 1 saturated heterocycles. The Morgan fingerprint density at radius 2 is 2.25 bits per heavy atom. The molecule has 0 N–H and O–H groups in total. The molecule has 3 unspecified atom stereocenters. The molecule has 0 saturated carbocycles. The summed E-state index contributed by atoms with van der Waals surface area (Å²) < 4.78 is 2.27. The summed E-state index contributed by atoms with van der Waals surface area (Å²) in [6.45, 7) is 5.37. The Balaban J connectivity index is 2.07. The van der Waals surface area contributed by atoms with Gasteiger partial charge in [0, 0.05) is 24.8 Å². The van der Waals surface area contributed by atoms with Gasteiger partial charge in [-0.2, -0.15) is 0 Å². The van der Waals surface area contributed by atoms with Crippen LogP contribution in [0.1, 0.15) is 43.9 Å². The number of aromatic nitrogens is 3. The summed E-state index contributed by atoms with van der Waals surface area (Å²) >= 11 is 6.34. The van der Waals surface area contributed by atoms with Gasteiger partial charge in [-0.25, -0.2) is 9.97 Å². The van der Waals surface area contributed by atoms with E-state index in [1.165, 1.54) is 0 Å². The summed E-state index contributed by atoms with van der Waals surface area (Å²) in [4.78, 5) is 11.6. The largest absolute Gasteiger partial charge is 0.308 e. The molecule has 108 valence electrons. The Hall–Kier alpha value is -1.13. The third-order valence-corrected chi connectivity index (χ3v) is 4.57. The highest BCUT2D eigenvalue weighted by Crippen LogP contribution is 2.33. The van der Waals surface area contributed by atoms with Crippen LogP contribution in [0.2, 0.25) is 0 Å². The van der Waals surface area contributed by atoms with Crippen molar-refractivity contribution in [3.63, 3.8) is 0 Å². The van der Waals surface area contributed by atoms with Crippen LogP contribution in [0.25, 0.3) is 11.2 Å². The molecule has 2 aromatic heterocycles. The Kier molecular flexibility index (Phi) is 3.69. The van der Waals surface area contributed by atoms with Crippen molar-refractivity contribution < 1.29 is 0 Å². The molecule has 0 spiro atoms. The molecule has 0 bridgehead atoms. The first-order chi connectivity index (χ1) is 9.58. The maximum atomic E-state index is 6.34. The van der Waals surface area contributed by atoms with Gasteiger partial charge in [0.1, 0.15) is 11.3 Å². The summed E-state index contributed by atoms with van der Waals surface area (Å²) in [5.41, 5.74) is 1.92. The van der Waals surface area contributed by atoms with Gasteiger partial charge in [-0.15, -0.1) is 11.6 Å². The Morgan fingerprint density at radius 1 is 1.45 bits per heavy atom. The maximum absolute atomic E-state index is 6.34. The van der Waals surface area contributed by atoms with Gasteiger partial charge in [0.2, 0.25) is 0 Å². The molecule has 1 fully saturated rings. The van der Waals surface area contributed by atoms with Crippen molar-refractivity contribution in [1.29, 1.82) is 0 Å². The standard InChI is InChI=1S/C15H21ClN4/c1-10-9-12(6-8-19(10)3)20-14(11(2)16)18-13-5-4-7-17-15(13)20/h4-5,7,10-12H,6,8-9H2,1-3H3. The van der Waals surface area contributed by atoms with E-state index in [4.69, 9.17) is 11.6 Å². The highest BCUT2D eigenvalue weighted by Gasteiger charge is 2.28. The second-order valence-electron chi connectivity index (χ2n) is 5.81. The number of likely N-dealkylation sites (tertiary alicyclic amines) is 1. The number of piperidine rings is 1. The molecular weight excluding hydrogens is 272 g/mol. The molecule has 1 aliphatic rings. The molecule has 0 aromatic carbocycles. The molecule has 0 aliphatic carbocycles. The summed E-state index contributed by atoms with van der Waals surface area (Å²) in [7, 11) is 2.19. The minimum absolute atomic E-state index is 0.0980. The van der Waals surface area contributed by atoms with Crippen molar-refractivity contribution in [3.05, 3.63) is 24.2 Å². The van der Waals surface area contributed by atoms with Crippen LogP contribution < -0.4 is 0 Å². The number of rotatable bonds is 2. The van der Waals surface area contributed by atoms with Crippen LogP contribution in [0.4, 0.5) is 0 Å². The van der Waals surface area contributed by atoms with Crippen LogP contribution >= 0.6 is 11.6 Å². The van der Waals surface area contributed by atoms with Crippen molar-refractivity contribution in [1.82, 2.24) is 19.4 Å². The van der Waals surface area contributed by atoms with Gasteiger partial charge in [-0.3, -0.25) is 0 Å². The Morgan fingerprint density at radius 3 is 2.95 bits per heavy atom. The molecule has 3 heterocycles. The fourth-order valence-corrected chi connectivity index (χ4v) is 3.24. The number of hydrogen-bond acceptors (Lipinski definition) is 3. The summed E-state index contributed by atoms with van der Waals surface area (Å²) in [5, 5.41) is -0.0980. The first-order valence-corrected chi connectivity index (χ1v) is 7.68. The minimum Gasteiger partial charge on any atom is -0.308 e. The summed E-state index contributed by atoms with van der Waals surface area (Å²) in [5.74, 6) is 0.946. The molecule has 20 heavy (non-hydrogen) atoms. The minimum atomic E-state index is -0.0980. The van der Waals surface area contributed by atoms with Crippen molar-refractivity contribution in [2.24, 2.45) is 0 Å². The van der Waals surface area contributed by atoms with Gasteiger partial charge in [-0.05, 0) is 45.9 Å². The fraction of sp³-hybridized carbons (Fsp3) is 0.600. The normalized spacial score (nSPS) is 26.0.